The van der Waals surface area contributed by atoms with Crippen LogP contribution in [0.1, 0.15) is 29.2 Å². The molecule has 2 N–H and O–H groups in total. The van der Waals surface area contributed by atoms with E-state index in [9.17, 15) is 9.90 Å². The van der Waals surface area contributed by atoms with E-state index in [0.29, 0.717) is 25.0 Å². The molecule has 0 aromatic carbocycles. The van der Waals surface area contributed by atoms with E-state index < -0.39 is 0 Å². The molecule has 4 rings (SSSR count). The second-order valence-corrected chi connectivity index (χ2v) is 6.29. The number of hydrogen-bond donors (Lipinski definition) is 2. The largest absolute Gasteiger partial charge is 0.393 e. The molecule has 0 spiro atoms. The van der Waals surface area contributed by atoms with Crippen LogP contribution in [0.5, 0.6) is 0 Å². The molecule has 1 aliphatic rings. The van der Waals surface area contributed by atoms with Crippen molar-refractivity contribution in [3.63, 3.8) is 0 Å². The molecule has 0 radical (unpaired) electrons. The van der Waals surface area contributed by atoms with Crippen LogP contribution >= 0.6 is 0 Å². The summed E-state index contributed by atoms with van der Waals surface area (Å²) >= 11 is 0. The van der Waals surface area contributed by atoms with Crippen LogP contribution in [0.3, 0.4) is 0 Å². The summed E-state index contributed by atoms with van der Waals surface area (Å²) in [7, 11) is 0. The molecule has 1 aliphatic carbocycles. The predicted molar refractivity (Wildman–Crippen MR) is 88.7 cm³/mol. The van der Waals surface area contributed by atoms with Crippen LogP contribution in [-0.4, -0.2) is 47.7 Å². The van der Waals surface area contributed by atoms with Crippen LogP contribution in [0, 0.1) is 5.92 Å². The summed E-state index contributed by atoms with van der Waals surface area (Å²) in [5.41, 5.74) is 0.902. The van der Waals surface area contributed by atoms with Gasteiger partial charge in [0.25, 0.3) is 11.7 Å². The van der Waals surface area contributed by atoms with E-state index in [1.54, 1.807) is 24.7 Å². The first-order chi connectivity index (χ1) is 12.2. The summed E-state index contributed by atoms with van der Waals surface area (Å²) in [5, 5.41) is 16.8. The third kappa shape index (κ3) is 3.34. The van der Waals surface area contributed by atoms with Gasteiger partial charge < -0.3 is 10.4 Å². The summed E-state index contributed by atoms with van der Waals surface area (Å²) in [6.07, 6.45) is 6.71. The van der Waals surface area contributed by atoms with Crippen molar-refractivity contribution in [2.45, 2.75) is 31.4 Å². The molecule has 3 heterocycles. The Morgan fingerprint density at radius 2 is 2.12 bits per heavy atom. The fourth-order valence-electron chi connectivity index (χ4n) is 3.10. The minimum atomic E-state index is -0.340. The highest BCUT2D eigenvalue weighted by Gasteiger charge is 2.35. The number of nitrogens with one attached hydrogen (secondary N) is 1. The Morgan fingerprint density at radius 3 is 2.84 bits per heavy atom. The molecular weight excluding hydrogens is 320 g/mol. The third-order valence-electron chi connectivity index (χ3n) is 4.51. The number of aliphatic hydroxyl groups is 1. The fourth-order valence-corrected chi connectivity index (χ4v) is 3.10. The molecule has 0 bridgehead atoms. The Balaban J connectivity index is 1.51. The molecule has 1 amide bonds. The molecule has 0 aliphatic heterocycles. The molecule has 8 heteroatoms. The summed E-state index contributed by atoms with van der Waals surface area (Å²) in [6.45, 7) is 0. The molecule has 128 valence electrons. The lowest BCUT2D eigenvalue weighted by Gasteiger charge is -2.37. The maximum absolute atomic E-state index is 12.6. The van der Waals surface area contributed by atoms with E-state index in [1.165, 1.54) is 4.52 Å². The first kappa shape index (κ1) is 15.6. The number of amides is 1. The Hall–Kier alpha value is -2.87. The molecule has 0 saturated heterocycles. The number of fused-ring (bicyclic) bond motifs is 1. The van der Waals surface area contributed by atoms with Crippen LogP contribution in [0.4, 0.5) is 0 Å². The normalized spacial score (nSPS) is 20.8. The van der Waals surface area contributed by atoms with Gasteiger partial charge in [-0.3, -0.25) is 9.78 Å². The summed E-state index contributed by atoms with van der Waals surface area (Å²) in [6, 6.07) is 7.32. The molecular formula is C17H18N6O2. The van der Waals surface area contributed by atoms with Gasteiger partial charge in [-0.1, -0.05) is 6.07 Å². The van der Waals surface area contributed by atoms with Gasteiger partial charge in [-0.15, -0.1) is 5.10 Å². The highest BCUT2D eigenvalue weighted by molar-refractivity contribution is 5.91. The average Bonchev–Trinajstić information content (AvgIpc) is 3.04. The van der Waals surface area contributed by atoms with Gasteiger partial charge >= 0.3 is 0 Å². The van der Waals surface area contributed by atoms with Gasteiger partial charge in [0, 0.05) is 36.7 Å². The second kappa shape index (κ2) is 6.56. The lowest BCUT2D eigenvalue weighted by molar-refractivity contribution is 0.0236. The molecule has 1 saturated carbocycles. The standard InChI is InChI=1S/C17H18N6O2/c24-13-8-11(9-13)14(10-12-4-1-2-5-18-12)20-16(25)15-21-17-19-6-3-7-23(17)22-15/h1-7,11,13-14,24H,8-10H2,(H,20,25). The Labute approximate surface area is 144 Å². The van der Waals surface area contributed by atoms with E-state index in [0.717, 1.165) is 5.69 Å². The first-order valence-electron chi connectivity index (χ1n) is 8.25. The van der Waals surface area contributed by atoms with Crippen molar-refractivity contribution in [2.24, 2.45) is 5.92 Å². The summed E-state index contributed by atoms with van der Waals surface area (Å²) in [5.74, 6) is 0.349. The van der Waals surface area contributed by atoms with Gasteiger partial charge in [-0.25, -0.2) is 9.50 Å². The van der Waals surface area contributed by atoms with Gasteiger partial charge in [0.1, 0.15) is 0 Å². The molecule has 8 nitrogen and oxygen atoms in total. The molecule has 1 unspecified atom stereocenters. The number of hydrogen-bond acceptors (Lipinski definition) is 6. The van der Waals surface area contributed by atoms with Gasteiger partial charge in [-0.2, -0.15) is 4.98 Å². The monoisotopic (exact) mass is 338 g/mol. The van der Waals surface area contributed by atoms with Crippen LogP contribution in [0.15, 0.2) is 42.9 Å². The van der Waals surface area contributed by atoms with Gasteiger partial charge in [0.2, 0.25) is 5.82 Å². The maximum atomic E-state index is 12.6. The van der Waals surface area contributed by atoms with E-state index in [-0.39, 0.29) is 29.8 Å². The zero-order valence-corrected chi connectivity index (χ0v) is 13.5. The van der Waals surface area contributed by atoms with Crippen LogP contribution in [0.25, 0.3) is 5.78 Å². The molecule has 3 aromatic heterocycles. The van der Waals surface area contributed by atoms with Crippen LogP contribution in [-0.2, 0) is 6.42 Å². The van der Waals surface area contributed by atoms with Crippen molar-refractivity contribution in [2.75, 3.05) is 0 Å². The number of aromatic nitrogens is 5. The zero-order valence-electron chi connectivity index (χ0n) is 13.5. The maximum Gasteiger partial charge on any atom is 0.291 e. The molecule has 3 aromatic rings. The molecule has 25 heavy (non-hydrogen) atoms. The van der Waals surface area contributed by atoms with E-state index in [2.05, 4.69) is 25.4 Å². The topological polar surface area (TPSA) is 105 Å². The first-order valence-corrected chi connectivity index (χ1v) is 8.25. The number of nitrogens with zero attached hydrogens (tertiary/aromatic N) is 5. The SMILES string of the molecule is O=C(NC(Cc1ccccn1)C1CC(O)C1)c1nc2ncccn2n1. The minimum absolute atomic E-state index is 0.0876. The zero-order chi connectivity index (χ0) is 17.2. The van der Waals surface area contributed by atoms with Crippen LogP contribution < -0.4 is 5.32 Å². The van der Waals surface area contributed by atoms with Crippen molar-refractivity contribution in [1.82, 2.24) is 29.9 Å². The van der Waals surface area contributed by atoms with Gasteiger partial charge in [0.05, 0.1) is 6.10 Å². The van der Waals surface area contributed by atoms with E-state index in [4.69, 9.17) is 0 Å². The lowest BCUT2D eigenvalue weighted by Crippen LogP contribution is -2.48. The number of aliphatic hydroxyl groups excluding tert-OH is 1. The Morgan fingerprint density at radius 1 is 1.28 bits per heavy atom. The van der Waals surface area contributed by atoms with Crippen molar-refractivity contribution < 1.29 is 9.90 Å². The van der Waals surface area contributed by atoms with Crippen molar-refractivity contribution in [1.29, 1.82) is 0 Å². The van der Waals surface area contributed by atoms with Crippen LogP contribution in [0.2, 0.25) is 0 Å². The summed E-state index contributed by atoms with van der Waals surface area (Å²) < 4.78 is 1.47. The highest BCUT2D eigenvalue weighted by Crippen LogP contribution is 2.31. The van der Waals surface area contributed by atoms with E-state index >= 15 is 0 Å². The number of carbonyl (C=O) groups excluding carboxylic acids is 1. The molecule has 1 atom stereocenters. The van der Waals surface area contributed by atoms with Crippen molar-refractivity contribution >= 4 is 11.7 Å². The van der Waals surface area contributed by atoms with E-state index in [1.807, 2.05) is 18.2 Å². The van der Waals surface area contributed by atoms with Crippen molar-refractivity contribution in [3.8, 4) is 0 Å². The number of rotatable bonds is 5. The van der Waals surface area contributed by atoms with Crippen molar-refractivity contribution in [3.05, 3.63) is 54.4 Å². The Kier molecular flexibility index (Phi) is 4.10. The third-order valence-corrected chi connectivity index (χ3v) is 4.51. The lowest BCUT2D eigenvalue weighted by atomic mass is 9.76. The second-order valence-electron chi connectivity index (χ2n) is 6.29. The quantitative estimate of drug-likeness (QED) is 0.707. The fraction of sp³-hybridized carbons (Fsp3) is 0.353. The van der Waals surface area contributed by atoms with Gasteiger partial charge in [0.15, 0.2) is 0 Å². The minimum Gasteiger partial charge on any atom is -0.393 e. The number of carbonyl (C=O) groups is 1. The predicted octanol–water partition coefficient (Wildman–Crippen LogP) is 0.631. The average molecular weight is 338 g/mol. The van der Waals surface area contributed by atoms with Gasteiger partial charge in [-0.05, 0) is 37.0 Å². The smallest absolute Gasteiger partial charge is 0.291 e. The number of pyridine rings is 1. The Bertz CT molecular complexity index is 842. The highest BCUT2D eigenvalue weighted by atomic mass is 16.3. The molecule has 1 fully saturated rings. The summed E-state index contributed by atoms with van der Waals surface area (Å²) in [4.78, 5) is 25.1.